The summed E-state index contributed by atoms with van der Waals surface area (Å²) in [4.78, 5) is 30.1. The van der Waals surface area contributed by atoms with E-state index in [9.17, 15) is 5.11 Å². The number of benzene rings is 7. The van der Waals surface area contributed by atoms with Crippen LogP contribution in [-0.2, 0) is 6.54 Å². The predicted molar refractivity (Wildman–Crippen MR) is 506 cm³/mol. The Kier molecular flexibility index (Phi) is 22.3. The van der Waals surface area contributed by atoms with Crippen molar-refractivity contribution in [3.8, 4) is 53.5 Å². The van der Waals surface area contributed by atoms with Gasteiger partial charge in [0.15, 0.2) is 34.2 Å². The zero-order valence-electron chi connectivity index (χ0n) is 70.9. The van der Waals surface area contributed by atoms with Crippen LogP contribution in [0.4, 0.5) is 28.8 Å². The summed E-state index contributed by atoms with van der Waals surface area (Å²) < 4.78 is 13.0. The van der Waals surface area contributed by atoms with Crippen LogP contribution in [0.3, 0.4) is 0 Å². The Morgan fingerprint density at radius 3 is 1.55 bits per heavy atom. The average molecular weight is 1670 g/mol. The first kappa shape index (κ1) is 80.2. The standard InChI is InChI=1S/C28H29N5S.2C25H24N4S.C21H22N4OS/c1-19-13-23-16-27(34-26(23)14-20(19)2)25-17-29-28-8-7-24(30-33(25)28)22-6-4-5-21(15-22)18-32-11-9-31(3)10-12-32;1-15-6-7-20(11-17(15)3)28(5)25-9-8-24-26-14-21(29(24)27-25)23-13-19-10-16(2)18(4)12-22(19)30-23;1-14-6-7-19(10-15(14)2)27-24-8-9-25-26-13-21(29(25)28-24)23-12-20-18(5)17(4)16(3)11-22(20)30-23;1-13-3-2-4-14-11-18(27-21(13)14)17-12-22-20-10-9-19(24-25(17)20)23-15-5-7-16(26)8-6-15/h4-8,13-17H,9-12,18H2,1-3H3;6-14H,1-5H3;6-13H,1-5H3,(H,27,28);2-4,9-12,15-16,26H,5-8H2,1H3,(H,23,24). The third kappa shape index (κ3) is 16.7. The van der Waals surface area contributed by atoms with Crippen molar-refractivity contribution in [2.45, 2.75) is 127 Å². The van der Waals surface area contributed by atoms with Crippen molar-refractivity contribution in [2.75, 3.05) is 55.8 Å². The number of imidazole rings is 4. The molecule has 3 N–H and O–H groups in total. The van der Waals surface area contributed by atoms with Gasteiger partial charge in [-0.15, -0.1) is 60.6 Å². The van der Waals surface area contributed by atoms with E-state index in [1.807, 2.05) is 79.2 Å². The molecule has 18 nitrogen and oxygen atoms in total. The van der Waals surface area contributed by atoms with Gasteiger partial charge in [0.2, 0.25) is 0 Å². The molecule has 0 radical (unpaired) electrons. The maximum Gasteiger partial charge on any atom is 0.154 e. The van der Waals surface area contributed by atoms with E-state index in [0.717, 1.165) is 144 Å². The van der Waals surface area contributed by atoms with Crippen molar-refractivity contribution < 1.29 is 5.11 Å². The fourth-order valence-electron chi connectivity index (χ4n) is 16.1. The van der Waals surface area contributed by atoms with Crippen molar-refractivity contribution in [1.82, 2.24) is 68.2 Å². The lowest BCUT2D eigenvalue weighted by molar-refractivity contribution is 0.126. The molecule has 0 spiro atoms. The molecular weight excluding hydrogens is 1570 g/mol. The Labute approximate surface area is 721 Å². The zero-order valence-corrected chi connectivity index (χ0v) is 74.2. The molecule has 610 valence electrons. The maximum absolute atomic E-state index is 9.69. The van der Waals surface area contributed by atoms with Gasteiger partial charge in [0, 0.05) is 81.6 Å². The quantitative estimate of drug-likeness (QED) is 0.0994. The molecule has 121 heavy (non-hydrogen) atoms. The zero-order chi connectivity index (χ0) is 83.6. The average Bonchev–Trinajstić information content (AvgIpc) is 1.63. The topological polar surface area (TPSA) is 175 Å². The SMILES string of the molecule is Cc1cc2cc(-c3cnc4ccc(-c5cccc(CN6CCN(C)CC6)c5)nn34)sc2cc1C.Cc1ccc(N(C)c2ccc3ncc(-c4cc5cc(C)c(C)cc5s4)n3n2)cc1C.Cc1ccc(Nc2ccc3ncc(-c4cc5c(C)c(C)c(C)cc5s4)n3n2)cc1C.Cc1cccc2cc(-c3cnc4ccc(NC5CCC(O)CC5)nn34)sc12. The number of aryl methyl sites for hydroxylation is 11. The lowest BCUT2D eigenvalue weighted by Gasteiger charge is -2.32. The van der Waals surface area contributed by atoms with E-state index in [2.05, 4.69) is 288 Å². The summed E-state index contributed by atoms with van der Waals surface area (Å²) in [5.74, 6) is 2.55. The Hall–Kier alpha value is -11.9. The molecule has 1 saturated carbocycles. The molecule has 1 saturated heterocycles. The van der Waals surface area contributed by atoms with Gasteiger partial charge in [-0.05, 0) is 331 Å². The maximum atomic E-state index is 9.69. The van der Waals surface area contributed by atoms with Gasteiger partial charge >= 0.3 is 0 Å². The van der Waals surface area contributed by atoms with E-state index in [-0.39, 0.29) is 6.10 Å². The largest absolute Gasteiger partial charge is 0.393 e. The summed E-state index contributed by atoms with van der Waals surface area (Å²) in [5.41, 5.74) is 28.9. The Balaban J connectivity index is 0.000000111. The van der Waals surface area contributed by atoms with Gasteiger partial charge in [-0.1, -0.05) is 60.7 Å². The molecule has 2 fully saturated rings. The first-order valence-electron chi connectivity index (χ1n) is 41.5. The summed E-state index contributed by atoms with van der Waals surface area (Å²) in [6.45, 7) is 31.4. The van der Waals surface area contributed by atoms with Crippen molar-refractivity contribution in [2.24, 2.45) is 0 Å². The number of hydrogen-bond acceptors (Lipinski definition) is 18. The molecule has 0 amide bonds. The van der Waals surface area contributed by atoms with Crippen LogP contribution in [-0.4, -0.2) is 126 Å². The molecule has 0 atom stereocenters. The number of nitrogens with zero attached hydrogens (tertiary/aromatic N) is 15. The summed E-state index contributed by atoms with van der Waals surface area (Å²) >= 11 is 7.19. The number of thiophene rings is 4. The monoisotopic (exact) mass is 1670 g/mol. The third-order valence-corrected chi connectivity index (χ3v) is 29.0. The minimum absolute atomic E-state index is 0.143. The van der Waals surface area contributed by atoms with Crippen LogP contribution in [0, 0.1) is 83.1 Å². The minimum atomic E-state index is -0.143. The normalized spacial score (nSPS) is 14.6. The van der Waals surface area contributed by atoms with Gasteiger partial charge < -0.3 is 25.5 Å². The summed E-state index contributed by atoms with van der Waals surface area (Å²) in [6.07, 6.45) is 11.2. The molecule has 0 unspecified atom stereocenters. The van der Waals surface area contributed by atoms with Gasteiger partial charge in [0.25, 0.3) is 0 Å². The van der Waals surface area contributed by atoms with Crippen LogP contribution in [0.2, 0.25) is 0 Å². The fraction of sp³-hybridized carbons (Fsp3) is 0.253. The van der Waals surface area contributed by atoms with E-state index < -0.39 is 0 Å². The number of likely N-dealkylation sites (N-methyl/N-ethyl adjacent to an activating group) is 1. The molecule has 19 aromatic rings. The highest BCUT2D eigenvalue weighted by atomic mass is 32.1. The minimum Gasteiger partial charge on any atom is -0.393 e. The van der Waals surface area contributed by atoms with Crippen LogP contribution >= 0.6 is 45.3 Å². The molecule has 13 heterocycles. The van der Waals surface area contributed by atoms with E-state index >= 15 is 0 Å². The Bertz CT molecular complexity index is 7040. The number of piperazine rings is 1. The van der Waals surface area contributed by atoms with Gasteiger partial charge in [-0.3, -0.25) is 4.90 Å². The van der Waals surface area contributed by atoms with Crippen LogP contribution in [0.25, 0.3) is 116 Å². The van der Waals surface area contributed by atoms with Gasteiger partial charge in [-0.2, -0.15) is 5.10 Å². The second-order valence-corrected chi connectivity index (χ2v) is 37.2. The number of aliphatic hydroxyl groups is 1. The van der Waals surface area contributed by atoms with E-state index in [4.69, 9.17) is 20.4 Å². The number of nitrogens with one attached hydrogen (secondary N) is 2. The van der Waals surface area contributed by atoms with Gasteiger partial charge in [0.05, 0.1) is 56.1 Å². The number of aromatic nitrogens is 12. The number of anilines is 5. The second-order valence-electron chi connectivity index (χ2n) is 32.9. The van der Waals surface area contributed by atoms with Gasteiger partial charge in [-0.25, -0.2) is 38.0 Å². The lowest BCUT2D eigenvalue weighted by atomic mass is 9.93. The van der Waals surface area contributed by atoms with Crippen LogP contribution in [0.15, 0.2) is 207 Å². The fourth-order valence-corrected chi connectivity index (χ4v) is 20.7. The van der Waals surface area contributed by atoms with E-state index in [1.165, 1.54) is 132 Å². The van der Waals surface area contributed by atoms with Crippen molar-refractivity contribution in [1.29, 1.82) is 0 Å². The van der Waals surface area contributed by atoms with E-state index in [1.54, 1.807) is 45.3 Å². The van der Waals surface area contributed by atoms with Gasteiger partial charge in [0.1, 0.15) is 28.6 Å². The van der Waals surface area contributed by atoms with Crippen LogP contribution < -0.4 is 15.5 Å². The highest BCUT2D eigenvalue weighted by Gasteiger charge is 2.24. The van der Waals surface area contributed by atoms with Crippen molar-refractivity contribution in [3.63, 3.8) is 0 Å². The van der Waals surface area contributed by atoms with Crippen LogP contribution in [0.5, 0.6) is 0 Å². The molecule has 1 aliphatic heterocycles. The summed E-state index contributed by atoms with van der Waals surface area (Å²) in [7, 11) is 4.25. The number of fused-ring (bicyclic) bond motifs is 8. The van der Waals surface area contributed by atoms with Crippen molar-refractivity contribution >= 4 is 137 Å². The number of aliphatic hydroxyl groups excluding tert-OH is 1. The smallest absolute Gasteiger partial charge is 0.154 e. The number of rotatable bonds is 13. The summed E-state index contributed by atoms with van der Waals surface area (Å²) in [5, 5.41) is 41.4. The predicted octanol–water partition coefficient (Wildman–Crippen LogP) is 23.8. The highest BCUT2D eigenvalue weighted by molar-refractivity contribution is 7.23. The Morgan fingerprint density at radius 2 is 0.926 bits per heavy atom. The molecule has 2 aliphatic rings. The molecule has 21 rings (SSSR count). The van der Waals surface area contributed by atoms with Crippen LogP contribution in [0.1, 0.15) is 98.0 Å². The molecule has 1 aliphatic carbocycles. The molecule has 12 aromatic heterocycles. The number of hydrogen-bond donors (Lipinski definition) is 3. The Morgan fingerprint density at radius 1 is 0.413 bits per heavy atom. The first-order valence-corrected chi connectivity index (χ1v) is 44.8. The summed E-state index contributed by atoms with van der Waals surface area (Å²) in [6, 6.07) is 65.0. The van der Waals surface area contributed by atoms with E-state index in [0.29, 0.717) is 6.04 Å². The molecule has 22 heteroatoms. The third-order valence-electron chi connectivity index (χ3n) is 24.4. The molecular formula is C99H99N17OS4. The highest BCUT2D eigenvalue weighted by Crippen LogP contribution is 2.42. The second kappa shape index (κ2) is 33.6. The lowest BCUT2D eigenvalue weighted by Crippen LogP contribution is -2.43. The van der Waals surface area contributed by atoms with Crippen molar-refractivity contribution in [3.05, 3.63) is 279 Å². The molecule has 0 bridgehead atoms. The first-order chi connectivity index (χ1) is 58.5. The molecule has 7 aromatic carbocycles.